The summed E-state index contributed by atoms with van der Waals surface area (Å²) >= 11 is 0. The first kappa shape index (κ1) is 11.8. The molecule has 1 fully saturated rings. The van der Waals surface area contributed by atoms with Gasteiger partial charge < -0.3 is 5.73 Å². The van der Waals surface area contributed by atoms with E-state index >= 15 is 0 Å². The van der Waals surface area contributed by atoms with E-state index in [-0.39, 0.29) is 17.9 Å². The van der Waals surface area contributed by atoms with Crippen LogP contribution in [0.5, 0.6) is 0 Å². The molecule has 18 heavy (non-hydrogen) atoms. The maximum absolute atomic E-state index is 12.7. The highest BCUT2D eigenvalue weighted by atomic mass is 16.1. The Balaban J connectivity index is 1.87. The van der Waals surface area contributed by atoms with E-state index in [2.05, 4.69) is 11.1 Å². The monoisotopic (exact) mass is 244 g/mol. The van der Waals surface area contributed by atoms with E-state index in [9.17, 15) is 4.79 Å². The first-order valence-corrected chi connectivity index (χ1v) is 7.00. The van der Waals surface area contributed by atoms with Crippen molar-refractivity contribution in [3.05, 3.63) is 29.6 Å². The Bertz CT molecular complexity index is 458. The van der Waals surface area contributed by atoms with Crippen LogP contribution in [0.4, 0.5) is 0 Å². The van der Waals surface area contributed by atoms with Crippen LogP contribution in [0.1, 0.15) is 49.3 Å². The van der Waals surface area contributed by atoms with Crippen LogP contribution in [0, 0.1) is 5.92 Å². The summed E-state index contributed by atoms with van der Waals surface area (Å²) in [5.41, 5.74) is 8.34. The molecule has 3 unspecified atom stereocenters. The van der Waals surface area contributed by atoms with Crippen LogP contribution >= 0.6 is 0 Å². The van der Waals surface area contributed by atoms with Crippen LogP contribution in [-0.4, -0.2) is 16.8 Å². The number of Topliss-reactive ketones (excluding diaryl/α,β-unsaturated/α-hetero) is 1. The molecule has 3 atom stereocenters. The molecule has 2 N–H and O–H groups in total. The summed E-state index contributed by atoms with van der Waals surface area (Å²) in [4.78, 5) is 17.1. The number of aromatic nitrogens is 1. The van der Waals surface area contributed by atoms with E-state index in [0.717, 1.165) is 44.2 Å². The van der Waals surface area contributed by atoms with E-state index < -0.39 is 0 Å². The average molecular weight is 244 g/mol. The number of fused-ring (bicyclic) bond motifs is 1. The summed E-state index contributed by atoms with van der Waals surface area (Å²) in [6, 6.07) is 4.15. The summed E-state index contributed by atoms with van der Waals surface area (Å²) in [6.07, 6.45) is 7.97. The zero-order chi connectivity index (χ0) is 12.5. The molecule has 1 heterocycles. The lowest BCUT2D eigenvalue weighted by atomic mass is 9.79. The summed E-state index contributed by atoms with van der Waals surface area (Å²) in [5, 5.41) is 0. The number of carbonyl (C=O) groups excluding carboxylic acids is 1. The minimum Gasteiger partial charge on any atom is -0.327 e. The van der Waals surface area contributed by atoms with Gasteiger partial charge in [-0.25, -0.2) is 0 Å². The van der Waals surface area contributed by atoms with Crippen molar-refractivity contribution in [3.63, 3.8) is 0 Å². The number of nitrogens with zero attached hydrogens (tertiary/aromatic N) is 1. The molecule has 0 spiro atoms. The minimum atomic E-state index is 0.00380. The zero-order valence-electron chi connectivity index (χ0n) is 10.6. The Hall–Kier alpha value is -1.22. The third kappa shape index (κ3) is 1.97. The number of rotatable bonds is 2. The highest BCUT2D eigenvalue weighted by molar-refractivity contribution is 5.88. The van der Waals surface area contributed by atoms with Crippen molar-refractivity contribution in [1.29, 1.82) is 0 Å². The molecule has 0 aliphatic heterocycles. The van der Waals surface area contributed by atoms with E-state index in [0.29, 0.717) is 5.78 Å². The highest BCUT2D eigenvalue weighted by Crippen LogP contribution is 2.36. The van der Waals surface area contributed by atoms with Gasteiger partial charge in [-0.2, -0.15) is 0 Å². The molecule has 1 saturated carbocycles. The van der Waals surface area contributed by atoms with Crippen molar-refractivity contribution < 1.29 is 4.79 Å². The first-order chi connectivity index (χ1) is 8.77. The molecular weight excluding hydrogens is 224 g/mol. The molecular formula is C15H20N2O. The van der Waals surface area contributed by atoms with Crippen LogP contribution in [0.15, 0.2) is 18.3 Å². The minimum absolute atomic E-state index is 0.00380. The van der Waals surface area contributed by atoms with Gasteiger partial charge in [0.25, 0.3) is 0 Å². The number of aryl methyl sites for hydroxylation is 1. The Labute approximate surface area is 108 Å². The molecule has 2 aliphatic carbocycles. The maximum Gasteiger partial charge on any atom is 0.146 e. The van der Waals surface area contributed by atoms with Gasteiger partial charge in [0.05, 0.1) is 11.6 Å². The molecule has 3 rings (SSSR count). The van der Waals surface area contributed by atoms with Crippen LogP contribution in [0.25, 0.3) is 0 Å². The van der Waals surface area contributed by atoms with Crippen molar-refractivity contribution in [2.24, 2.45) is 11.7 Å². The molecule has 0 saturated heterocycles. The third-order valence-corrected chi connectivity index (χ3v) is 4.47. The quantitative estimate of drug-likeness (QED) is 0.867. The topological polar surface area (TPSA) is 56.0 Å². The van der Waals surface area contributed by atoms with Crippen LogP contribution < -0.4 is 5.73 Å². The zero-order valence-corrected chi connectivity index (χ0v) is 10.6. The lowest BCUT2D eigenvalue weighted by Gasteiger charge is -2.26. The van der Waals surface area contributed by atoms with E-state index in [1.54, 1.807) is 6.20 Å². The Morgan fingerprint density at radius 3 is 2.94 bits per heavy atom. The number of pyridine rings is 1. The number of hydrogen-bond acceptors (Lipinski definition) is 3. The van der Waals surface area contributed by atoms with Crippen LogP contribution in [0.2, 0.25) is 0 Å². The molecule has 0 amide bonds. The molecule has 0 aromatic carbocycles. The van der Waals surface area contributed by atoms with Crippen molar-refractivity contribution in [2.45, 2.75) is 50.5 Å². The standard InChI is InChI=1S/C15H20N2O/c16-13-8-2-6-11(13)15(18)12-7-1-4-10-5-3-9-17-14(10)12/h3,5,9,11-13H,1-2,4,6-8,16H2. The fraction of sp³-hybridized carbons (Fsp3) is 0.600. The second-order valence-corrected chi connectivity index (χ2v) is 5.60. The Morgan fingerprint density at radius 2 is 2.17 bits per heavy atom. The van der Waals surface area contributed by atoms with Crippen molar-refractivity contribution in [3.8, 4) is 0 Å². The van der Waals surface area contributed by atoms with Crippen molar-refractivity contribution in [1.82, 2.24) is 4.98 Å². The van der Waals surface area contributed by atoms with Gasteiger partial charge in [-0.15, -0.1) is 0 Å². The summed E-state index contributed by atoms with van der Waals surface area (Å²) in [5.74, 6) is 0.423. The second-order valence-electron chi connectivity index (χ2n) is 5.60. The molecule has 3 nitrogen and oxygen atoms in total. The van der Waals surface area contributed by atoms with Gasteiger partial charge in [-0.3, -0.25) is 9.78 Å². The highest BCUT2D eigenvalue weighted by Gasteiger charge is 2.37. The Morgan fingerprint density at radius 1 is 1.28 bits per heavy atom. The van der Waals surface area contributed by atoms with Crippen LogP contribution in [0.3, 0.4) is 0 Å². The fourth-order valence-electron chi connectivity index (χ4n) is 3.49. The predicted molar refractivity (Wildman–Crippen MR) is 70.2 cm³/mol. The van der Waals surface area contributed by atoms with E-state index in [1.807, 2.05) is 6.07 Å². The molecule has 3 heteroatoms. The Kier molecular flexibility index (Phi) is 3.16. The lowest BCUT2D eigenvalue weighted by molar-refractivity contribution is -0.124. The fourth-order valence-corrected chi connectivity index (χ4v) is 3.49. The molecule has 96 valence electrons. The smallest absolute Gasteiger partial charge is 0.146 e. The van der Waals surface area contributed by atoms with Crippen molar-refractivity contribution >= 4 is 5.78 Å². The molecule has 2 aliphatic rings. The van der Waals surface area contributed by atoms with Gasteiger partial charge in [-0.1, -0.05) is 12.5 Å². The molecule has 1 aromatic heterocycles. The first-order valence-electron chi connectivity index (χ1n) is 7.00. The largest absolute Gasteiger partial charge is 0.327 e. The van der Waals surface area contributed by atoms with Gasteiger partial charge in [0.1, 0.15) is 5.78 Å². The summed E-state index contributed by atoms with van der Waals surface area (Å²) in [6.45, 7) is 0. The molecule has 0 radical (unpaired) electrons. The summed E-state index contributed by atoms with van der Waals surface area (Å²) in [7, 11) is 0. The van der Waals surface area contributed by atoms with Gasteiger partial charge in [0.2, 0.25) is 0 Å². The molecule has 0 bridgehead atoms. The molecule has 1 aromatic rings. The van der Waals surface area contributed by atoms with Crippen molar-refractivity contribution in [2.75, 3.05) is 0 Å². The second kappa shape index (κ2) is 4.81. The number of hydrogen-bond donors (Lipinski definition) is 1. The van der Waals surface area contributed by atoms with E-state index in [4.69, 9.17) is 5.73 Å². The predicted octanol–water partition coefficient (Wildman–Crippen LogP) is 2.20. The number of ketones is 1. The van der Waals surface area contributed by atoms with Gasteiger partial charge >= 0.3 is 0 Å². The number of carbonyl (C=O) groups is 1. The maximum atomic E-state index is 12.7. The van der Waals surface area contributed by atoms with Gasteiger partial charge in [-0.05, 0) is 43.7 Å². The lowest BCUT2D eigenvalue weighted by Crippen LogP contribution is -2.35. The van der Waals surface area contributed by atoms with Gasteiger partial charge in [0.15, 0.2) is 0 Å². The van der Waals surface area contributed by atoms with E-state index in [1.165, 1.54) is 5.56 Å². The third-order valence-electron chi connectivity index (χ3n) is 4.47. The van der Waals surface area contributed by atoms with Gasteiger partial charge in [0, 0.05) is 18.2 Å². The summed E-state index contributed by atoms with van der Waals surface area (Å²) < 4.78 is 0. The normalized spacial score (nSPS) is 31.1. The SMILES string of the molecule is NC1CCCC1C(=O)C1CCCc2cccnc21. The van der Waals surface area contributed by atoms with Crippen LogP contribution in [-0.2, 0) is 11.2 Å². The number of nitrogens with two attached hydrogens (primary N) is 1. The average Bonchev–Trinajstić information content (AvgIpc) is 2.83.